The molecule has 0 unspecified atom stereocenters. The molecule has 2 aromatic carbocycles. The van der Waals surface area contributed by atoms with Gasteiger partial charge >= 0.3 is 0 Å². The number of halogens is 1. The second-order valence-electron chi connectivity index (χ2n) is 6.58. The summed E-state index contributed by atoms with van der Waals surface area (Å²) < 4.78 is 10.5. The van der Waals surface area contributed by atoms with Crippen LogP contribution < -0.4 is 14.8 Å². The zero-order valence-corrected chi connectivity index (χ0v) is 16.6. The molecular formula is C21H22ClN3O3. The van der Waals surface area contributed by atoms with Crippen LogP contribution in [0.5, 0.6) is 11.5 Å². The summed E-state index contributed by atoms with van der Waals surface area (Å²) in [6.45, 7) is 1.26. The number of likely N-dealkylation sites (tertiary alicyclic amines) is 1. The predicted molar refractivity (Wildman–Crippen MR) is 108 cm³/mol. The highest BCUT2D eigenvalue weighted by Crippen LogP contribution is 2.29. The Bertz CT molecular complexity index is 902. The van der Waals surface area contributed by atoms with Crippen LogP contribution in [0, 0.1) is 11.3 Å². The summed E-state index contributed by atoms with van der Waals surface area (Å²) >= 11 is 6.05. The molecule has 0 spiro atoms. The van der Waals surface area contributed by atoms with E-state index < -0.39 is 0 Å². The average Bonchev–Trinajstić information content (AvgIpc) is 2.73. The van der Waals surface area contributed by atoms with Gasteiger partial charge in [-0.15, -0.1) is 0 Å². The number of benzene rings is 2. The smallest absolute Gasteiger partial charge is 0.253 e. The highest BCUT2D eigenvalue weighted by Gasteiger charge is 2.24. The van der Waals surface area contributed by atoms with Gasteiger partial charge < -0.3 is 19.7 Å². The molecule has 0 bridgehead atoms. The van der Waals surface area contributed by atoms with E-state index in [9.17, 15) is 10.1 Å². The van der Waals surface area contributed by atoms with Crippen LogP contribution in [0.15, 0.2) is 36.4 Å². The number of nitrogens with one attached hydrogen (secondary N) is 1. The molecule has 1 aliphatic rings. The van der Waals surface area contributed by atoms with Gasteiger partial charge in [0, 0.05) is 29.7 Å². The first-order chi connectivity index (χ1) is 13.5. The lowest BCUT2D eigenvalue weighted by Gasteiger charge is -2.33. The molecule has 7 heteroatoms. The maximum absolute atomic E-state index is 12.8. The van der Waals surface area contributed by atoms with Crippen LogP contribution in [0.1, 0.15) is 28.8 Å². The van der Waals surface area contributed by atoms with Gasteiger partial charge in [-0.25, -0.2) is 0 Å². The number of carbonyl (C=O) groups excluding carboxylic acids is 1. The predicted octanol–water partition coefficient (Wildman–Crippen LogP) is 3.95. The molecule has 0 saturated carbocycles. The molecule has 1 heterocycles. The lowest BCUT2D eigenvalue weighted by atomic mass is 10.0. The number of nitriles is 1. The molecule has 1 aliphatic heterocycles. The van der Waals surface area contributed by atoms with Crippen molar-refractivity contribution >= 4 is 23.2 Å². The summed E-state index contributed by atoms with van der Waals surface area (Å²) in [5, 5.41) is 13.2. The van der Waals surface area contributed by atoms with Crippen LogP contribution in [-0.4, -0.2) is 44.2 Å². The molecule has 1 saturated heterocycles. The van der Waals surface area contributed by atoms with Gasteiger partial charge in [-0.1, -0.05) is 11.6 Å². The summed E-state index contributed by atoms with van der Waals surface area (Å²) in [6, 6.07) is 12.7. The Labute approximate surface area is 169 Å². The Kier molecular flexibility index (Phi) is 6.27. The topological polar surface area (TPSA) is 74.6 Å². The Balaban J connectivity index is 1.63. The Morgan fingerprint density at radius 2 is 1.86 bits per heavy atom. The van der Waals surface area contributed by atoms with Crippen molar-refractivity contribution in [2.24, 2.45) is 0 Å². The maximum Gasteiger partial charge on any atom is 0.253 e. The Hall–Kier alpha value is -2.91. The van der Waals surface area contributed by atoms with Gasteiger partial charge in [0.05, 0.1) is 25.5 Å². The second-order valence-corrected chi connectivity index (χ2v) is 7.02. The first kappa shape index (κ1) is 19.8. The fourth-order valence-corrected chi connectivity index (χ4v) is 3.50. The van der Waals surface area contributed by atoms with Gasteiger partial charge in [0.2, 0.25) is 0 Å². The third-order valence-electron chi connectivity index (χ3n) is 4.87. The summed E-state index contributed by atoms with van der Waals surface area (Å²) in [5.74, 6) is 1.10. The van der Waals surface area contributed by atoms with Crippen molar-refractivity contribution in [2.75, 3.05) is 32.6 Å². The van der Waals surface area contributed by atoms with Gasteiger partial charge in [-0.3, -0.25) is 4.79 Å². The van der Waals surface area contributed by atoms with E-state index in [4.69, 9.17) is 21.1 Å². The Morgan fingerprint density at radius 1 is 1.14 bits per heavy atom. The van der Waals surface area contributed by atoms with Crippen molar-refractivity contribution in [2.45, 2.75) is 18.9 Å². The normalized spacial score (nSPS) is 14.3. The molecule has 0 radical (unpaired) electrons. The highest BCUT2D eigenvalue weighted by molar-refractivity contribution is 6.30. The summed E-state index contributed by atoms with van der Waals surface area (Å²) in [4.78, 5) is 14.7. The number of rotatable bonds is 5. The van der Waals surface area contributed by atoms with E-state index >= 15 is 0 Å². The SMILES string of the molecule is COc1ccc(C(=O)N2CCC(Nc3cc(Cl)ccc3C#N)CC2)cc1OC. The fraction of sp³-hybridized carbons (Fsp3) is 0.333. The van der Waals surface area contributed by atoms with Crippen LogP contribution in [0.3, 0.4) is 0 Å². The van der Waals surface area contributed by atoms with Crippen molar-refractivity contribution in [1.82, 2.24) is 4.90 Å². The largest absolute Gasteiger partial charge is 0.493 e. The van der Waals surface area contributed by atoms with E-state index in [-0.39, 0.29) is 11.9 Å². The van der Waals surface area contributed by atoms with E-state index in [1.807, 2.05) is 4.90 Å². The molecule has 0 atom stereocenters. The minimum absolute atomic E-state index is 0.0279. The number of amides is 1. The number of methoxy groups -OCH3 is 2. The third-order valence-corrected chi connectivity index (χ3v) is 5.11. The molecule has 28 heavy (non-hydrogen) atoms. The van der Waals surface area contributed by atoms with Crippen LogP contribution in [-0.2, 0) is 0 Å². The van der Waals surface area contributed by atoms with Crippen LogP contribution in [0.25, 0.3) is 0 Å². The fourth-order valence-electron chi connectivity index (χ4n) is 3.33. The monoisotopic (exact) mass is 399 g/mol. The van der Waals surface area contributed by atoms with Crippen molar-refractivity contribution in [1.29, 1.82) is 5.26 Å². The quantitative estimate of drug-likeness (QED) is 0.824. The number of hydrogen-bond acceptors (Lipinski definition) is 5. The van der Waals surface area contributed by atoms with Crippen molar-refractivity contribution < 1.29 is 14.3 Å². The van der Waals surface area contributed by atoms with Crippen LogP contribution in [0.4, 0.5) is 5.69 Å². The lowest BCUT2D eigenvalue weighted by Crippen LogP contribution is -2.42. The molecule has 146 valence electrons. The molecule has 6 nitrogen and oxygen atoms in total. The molecule has 1 fully saturated rings. The molecule has 3 rings (SSSR count). The summed E-state index contributed by atoms with van der Waals surface area (Å²) in [7, 11) is 3.11. The number of piperidine rings is 1. The number of hydrogen-bond donors (Lipinski definition) is 1. The molecule has 0 aromatic heterocycles. The number of carbonyl (C=O) groups is 1. The number of anilines is 1. The molecule has 1 N–H and O–H groups in total. The standard InChI is InChI=1S/C21H22ClN3O3/c1-27-19-6-4-14(11-20(19)28-2)21(26)25-9-7-17(8-10-25)24-18-12-16(22)5-3-15(18)13-23/h3-6,11-12,17,24H,7-10H2,1-2H3. The molecule has 0 aliphatic carbocycles. The first-order valence-electron chi connectivity index (χ1n) is 9.03. The lowest BCUT2D eigenvalue weighted by molar-refractivity contribution is 0.0718. The summed E-state index contributed by atoms with van der Waals surface area (Å²) in [5.41, 5.74) is 1.87. The first-order valence-corrected chi connectivity index (χ1v) is 9.41. The van der Waals surface area contributed by atoms with Gasteiger partial charge in [0.25, 0.3) is 5.91 Å². The van der Waals surface area contributed by atoms with Crippen molar-refractivity contribution in [3.63, 3.8) is 0 Å². The van der Waals surface area contributed by atoms with E-state index in [1.165, 1.54) is 0 Å². The maximum atomic E-state index is 12.8. The van der Waals surface area contributed by atoms with Gasteiger partial charge in [-0.05, 0) is 49.2 Å². The number of nitrogens with zero attached hydrogens (tertiary/aromatic N) is 2. The van der Waals surface area contributed by atoms with Gasteiger partial charge in [-0.2, -0.15) is 5.26 Å². The number of ether oxygens (including phenoxy) is 2. The van der Waals surface area contributed by atoms with Crippen molar-refractivity contribution in [3.8, 4) is 17.6 Å². The van der Waals surface area contributed by atoms with E-state index in [0.29, 0.717) is 40.7 Å². The molecule has 2 aromatic rings. The van der Waals surface area contributed by atoms with Crippen molar-refractivity contribution in [3.05, 3.63) is 52.5 Å². The van der Waals surface area contributed by atoms with Crippen LogP contribution >= 0.6 is 11.6 Å². The zero-order valence-electron chi connectivity index (χ0n) is 15.9. The zero-order chi connectivity index (χ0) is 20.1. The minimum atomic E-state index is -0.0279. The highest BCUT2D eigenvalue weighted by atomic mass is 35.5. The van der Waals surface area contributed by atoms with Crippen LogP contribution in [0.2, 0.25) is 5.02 Å². The van der Waals surface area contributed by atoms with E-state index in [0.717, 1.165) is 18.5 Å². The molecule has 1 amide bonds. The van der Waals surface area contributed by atoms with Gasteiger partial charge in [0.1, 0.15) is 6.07 Å². The second kappa shape index (κ2) is 8.85. The van der Waals surface area contributed by atoms with E-state index in [2.05, 4.69) is 11.4 Å². The molecular weight excluding hydrogens is 378 g/mol. The third kappa shape index (κ3) is 4.32. The van der Waals surface area contributed by atoms with Gasteiger partial charge in [0.15, 0.2) is 11.5 Å². The summed E-state index contributed by atoms with van der Waals surface area (Å²) in [6.07, 6.45) is 1.58. The minimum Gasteiger partial charge on any atom is -0.493 e. The Morgan fingerprint density at radius 3 is 2.50 bits per heavy atom. The van der Waals surface area contributed by atoms with E-state index in [1.54, 1.807) is 50.6 Å². The average molecular weight is 400 g/mol.